The molecule has 6 N–H and O–H groups in total. The molecule has 1 aliphatic rings. The molecule has 4 atom stereocenters. The van der Waals surface area contributed by atoms with Gasteiger partial charge in [0.05, 0.1) is 89.5 Å². The van der Waals surface area contributed by atoms with Crippen molar-refractivity contribution in [3.8, 4) is 16.2 Å². The Balaban J connectivity index is 0.887. The van der Waals surface area contributed by atoms with Crippen LogP contribution in [-0.4, -0.2) is 128 Å². The largest absolute Gasteiger partial charge is 0.495 e. The molecule has 18 nitrogen and oxygen atoms in total. The van der Waals surface area contributed by atoms with Crippen molar-refractivity contribution in [1.82, 2.24) is 35.8 Å². The highest BCUT2D eigenvalue weighted by Crippen LogP contribution is 2.34. The first-order valence-corrected chi connectivity index (χ1v) is 27.5. The Kier molecular flexibility index (Phi) is 20.3. The van der Waals surface area contributed by atoms with Gasteiger partial charge in [0.1, 0.15) is 22.9 Å². The smallest absolute Gasteiger partial charge is 0.246 e. The number of amides is 3. The van der Waals surface area contributed by atoms with Gasteiger partial charge in [-0.2, -0.15) is 4.98 Å². The normalized spacial score (nSPS) is 15.7. The molecule has 0 radical (unpaired) electrons. The lowest BCUT2D eigenvalue weighted by Gasteiger charge is -2.35. The molecule has 74 heavy (non-hydrogen) atoms. The Morgan fingerprint density at radius 1 is 0.919 bits per heavy atom. The Morgan fingerprint density at radius 3 is 2.31 bits per heavy atom. The summed E-state index contributed by atoms with van der Waals surface area (Å²) in [6.45, 7) is 17.1. The lowest BCUT2D eigenvalue weighted by Crippen LogP contribution is -2.58. The highest BCUT2D eigenvalue weighted by atomic mass is 35.5. The summed E-state index contributed by atoms with van der Waals surface area (Å²) in [5.41, 5.74) is 7.11. The van der Waals surface area contributed by atoms with Gasteiger partial charge in [0.2, 0.25) is 23.7 Å². The van der Waals surface area contributed by atoms with Crippen LogP contribution in [0.5, 0.6) is 5.75 Å². The zero-order valence-electron chi connectivity index (χ0n) is 43.6. The molecular weight excluding hydrogens is 1010 g/mol. The number of aryl methyl sites for hydroxylation is 2. The van der Waals surface area contributed by atoms with Crippen LogP contribution in [0.3, 0.4) is 0 Å². The van der Waals surface area contributed by atoms with E-state index in [2.05, 4.69) is 41.5 Å². The lowest BCUT2D eigenvalue weighted by atomic mass is 9.85. The molecule has 1 aliphatic heterocycles. The number of halogens is 1. The number of ether oxygens (including phenoxy) is 3. The van der Waals surface area contributed by atoms with Gasteiger partial charge < -0.3 is 50.8 Å². The van der Waals surface area contributed by atoms with E-state index in [1.54, 1.807) is 56.6 Å². The Labute approximate surface area is 443 Å². The fourth-order valence-corrected chi connectivity index (χ4v) is 10.5. The molecule has 1 saturated heterocycles. The zero-order chi connectivity index (χ0) is 53.7. The van der Waals surface area contributed by atoms with Gasteiger partial charge in [0.15, 0.2) is 15.7 Å². The van der Waals surface area contributed by atoms with Crippen molar-refractivity contribution in [3.05, 3.63) is 99.8 Å². The second-order valence-corrected chi connectivity index (χ2v) is 23.3. The van der Waals surface area contributed by atoms with Crippen LogP contribution >= 0.6 is 22.9 Å². The number of carbonyl (C=O) groups is 3. The van der Waals surface area contributed by atoms with Crippen molar-refractivity contribution in [1.29, 1.82) is 0 Å². The molecule has 1 fully saturated rings. The van der Waals surface area contributed by atoms with Crippen molar-refractivity contribution >= 4 is 73.6 Å². The van der Waals surface area contributed by atoms with E-state index in [1.807, 2.05) is 83.5 Å². The minimum Gasteiger partial charge on any atom is -0.495 e. The number of hydrogen-bond acceptors (Lipinski definition) is 16. The van der Waals surface area contributed by atoms with E-state index in [0.29, 0.717) is 43.4 Å². The van der Waals surface area contributed by atoms with Crippen LogP contribution in [0, 0.1) is 19.3 Å². The number of methoxy groups -OCH3 is 1. The lowest BCUT2D eigenvalue weighted by molar-refractivity contribution is -0.144. The van der Waals surface area contributed by atoms with Gasteiger partial charge in [-0.25, -0.2) is 18.4 Å². The monoisotopic (exact) mass is 1080 g/mol. The summed E-state index contributed by atoms with van der Waals surface area (Å²) in [5, 5.41) is 25.8. The molecule has 21 heteroatoms. The number of rotatable bonds is 25. The Morgan fingerprint density at radius 2 is 1.64 bits per heavy atom. The number of nitrogens with one attached hydrogen (secondary N) is 5. The molecule has 0 bridgehead atoms. The molecule has 0 saturated carbocycles. The van der Waals surface area contributed by atoms with Crippen molar-refractivity contribution in [2.45, 2.75) is 109 Å². The van der Waals surface area contributed by atoms with E-state index in [1.165, 1.54) is 11.1 Å². The van der Waals surface area contributed by atoms with Crippen molar-refractivity contribution in [3.63, 3.8) is 0 Å². The first-order valence-electron chi connectivity index (χ1n) is 24.7. The topological polar surface area (TPSA) is 235 Å². The van der Waals surface area contributed by atoms with Crippen LogP contribution in [0.25, 0.3) is 10.4 Å². The molecule has 3 heterocycles. The third kappa shape index (κ3) is 15.2. The number of aliphatic hydroxyl groups excluding tert-OH is 1. The molecule has 0 aliphatic carbocycles. The number of sulfone groups is 1. The SMILES string of the molecule is COc1cc(CCNCCOCCOCCC(=O)N[C@H](C(=O)N2C[C@H](O)CC2C(=O)N[C@@H](C)c2ccc(-c3scnc3C)cc2)C(C)(C)C)c(C)cc1Nc1ncc(Cl)c(Nc2ccccc2S(=O)(=O)C(C)C)n1. The summed E-state index contributed by atoms with van der Waals surface area (Å²) in [5.74, 6) is -0.119. The molecule has 400 valence electrons. The standard InChI is InChI=1S/C53H70ClN9O9S2/c1-32(2)74(68,69)45-13-11-10-12-41(45)59-49-40(54)29-56-52(62-49)60-42-26-33(3)38(27-44(42)70-9)18-20-55-21-23-72-25-24-71-22-19-46(65)61-48(53(6,7)8)51(67)63-30-39(64)28-43(63)50(66)58-34(4)36-14-16-37(17-15-36)47-35(5)57-31-73-47/h10-17,26-27,29,31-32,34,39,43,48,55,64H,18-25,28,30H2,1-9H3,(H,58,66)(H,61,65)(H2,56,59,60,62)/t34-,39+,43?,48+/m0/s1. The number of hydrogen-bond donors (Lipinski definition) is 6. The van der Waals surface area contributed by atoms with Gasteiger partial charge in [-0.15, -0.1) is 11.3 Å². The second kappa shape index (κ2) is 26.2. The maximum absolute atomic E-state index is 14.1. The third-order valence-corrected chi connectivity index (χ3v) is 16.1. The van der Waals surface area contributed by atoms with Gasteiger partial charge in [0.25, 0.3) is 0 Å². The van der Waals surface area contributed by atoms with E-state index in [0.717, 1.165) is 39.2 Å². The predicted octanol–water partition coefficient (Wildman–Crippen LogP) is 7.47. The first kappa shape index (κ1) is 57.5. The van der Waals surface area contributed by atoms with Crippen LogP contribution in [0.1, 0.15) is 82.8 Å². The summed E-state index contributed by atoms with van der Waals surface area (Å²) < 4.78 is 43.2. The molecule has 6 rings (SSSR count). The van der Waals surface area contributed by atoms with Crippen LogP contribution in [0.4, 0.5) is 23.1 Å². The number of para-hydroxylation sites is 1. The zero-order valence-corrected chi connectivity index (χ0v) is 46.0. The second-order valence-electron chi connectivity index (χ2n) is 19.6. The number of anilines is 4. The van der Waals surface area contributed by atoms with Gasteiger partial charge >= 0.3 is 0 Å². The molecule has 0 spiro atoms. The Hall–Kier alpha value is -5.74. The fourth-order valence-electron chi connectivity index (χ4n) is 8.33. The average Bonchev–Trinajstić information content (AvgIpc) is 3.98. The van der Waals surface area contributed by atoms with E-state index in [-0.39, 0.29) is 72.1 Å². The predicted molar refractivity (Wildman–Crippen MR) is 289 cm³/mol. The molecule has 3 amide bonds. The van der Waals surface area contributed by atoms with Gasteiger partial charge in [0, 0.05) is 25.9 Å². The number of aromatic nitrogens is 3. The number of carbonyl (C=O) groups excluding carboxylic acids is 3. The van der Waals surface area contributed by atoms with Crippen molar-refractivity contribution in [2.75, 3.05) is 63.8 Å². The maximum Gasteiger partial charge on any atom is 0.246 e. The molecule has 5 aromatic rings. The van der Waals surface area contributed by atoms with E-state index in [4.69, 9.17) is 25.8 Å². The van der Waals surface area contributed by atoms with Crippen molar-refractivity contribution in [2.24, 2.45) is 5.41 Å². The minimum atomic E-state index is -3.58. The van der Waals surface area contributed by atoms with Gasteiger partial charge in [-0.1, -0.05) is 68.8 Å². The number of thiazole rings is 1. The number of aliphatic hydroxyl groups is 1. The number of benzene rings is 3. The van der Waals surface area contributed by atoms with E-state index >= 15 is 0 Å². The minimum absolute atomic E-state index is 0.0173. The number of nitrogens with zero attached hydrogens (tertiary/aromatic N) is 4. The summed E-state index contributed by atoms with van der Waals surface area (Å²) in [7, 11) is -2.00. The Bertz CT molecular complexity index is 2830. The summed E-state index contributed by atoms with van der Waals surface area (Å²) in [6, 6.07) is 16.2. The molecule has 3 aromatic carbocycles. The van der Waals surface area contributed by atoms with Gasteiger partial charge in [-0.3, -0.25) is 14.4 Å². The van der Waals surface area contributed by atoms with Crippen molar-refractivity contribution < 1.29 is 42.1 Å². The number of likely N-dealkylation sites (tertiary alicyclic amines) is 1. The van der Waals surface area contributed by atoms with Crippen LogP contribution in [0.15, 0.2) is 77.3 Å². The van der Waals surface area contributed by atoms with Crippen LogP contribution in [-0.2, 0) is 40.1 Å². The molecular formula is C53H70ClN9O9S2. The molecule has 2 aromatic heterocycles. The highest BCUT2D eigenvalue weighted by molar-refractivity contribution is 7.92. The quantitative estimate of drug-likeness (QED) is 0.0311. The summed E-state index contributed by atoms with van der Waals surface area (Å²) in [6.07, 6.45) is 1.39. The summed E-state index contributed by atoms with van der Waals surface area (Å²) in [4.78, 5) is 56.7. The van der Waals surface area contributed by atoms with E-state index in [9.17, 15) is 27.9 Å². The third-order valence-electron chi connectivity index (χ3n) is 12.6. The maximum atomic E-state index is 14.1. The fraction of sp³-hybridized carbons (Fsp3) is 0.472. The molecule has 1 unspecified atom stereocenters. The van der Waals surface area contributed by atoms with Crippen LogP contribution in [0.2, 0.25) is 5.02 Å². The first-order chi connectivity index (χ1) is 35.2. The van der Waals surface area contributed by atoms with Gasteiger partial charge in [-0.05, 0) is 99.5 Å². The number of β-amino-alcohol motifs (C(OH)–C–C–N with tert-alkyl or cyclic N) is 1. The highest BCUT2D eigenvalue weighted by Gasteiger charge is 2.44. The summed E-state index contributed by atoms with van der Waals surface area (Å²) >= 11 is 8.02. The average molecular weight is 1080 g/mol. The van der Waals surface area contributed by atoms with Crippen LogP contribution < -0.4 is 31.3 Å². The van der Waals surface area contributed by atoms with E-state index < -0.39 is 44.6 Å².